The first-order valence-corrected chi connectivity index (χ1v) is 5.78. The SMILES string of the molecule is CCC(NCC(C)(C)C#N)c1ccccc1. The van der Waals surface area contributed by atoms with Gasteiger partial charge in [0.15, 0.2) is 0 Å². The van der Waals surface area contributed by atoms with Crippen LogP contribution in [0.3, 0.4) is 0 Å². The summed E-state index contributed by atoms with van der Waals surface area (Å²) in [6, 6.07) is 13.0. The minimum atomic E-state index is -0.303. The van der Waals surface area contributed by atoms with Gasteiger partial charge in [0.25, 0.3) is 0 Å². The van der Waals surface area contributed by atoms with E-state index in [9.17, 15) is 0 Å². The summed E-state index contributed by atoms with van der Waals surface area (Å²) in [5, 5.41) is 12.4. The zero-order chi connectivity index (χ0) is 12.0. The van der Waals surface area contributed by atoms with E-state index >= 15 is 0 Å². The summed E-state index contributed by atoms with van der Waals surface area (Å²) in [4.78, 5) is 0. The van der Waals surface area contributed by atoms with Crippen LogP contribution in [-0.2, 0) is 0 Å². The van der Waals surface area contributed by atoms with Crippen molar-refractivity contribution in [2.45, 2.75) is 33.2 Å². The molecule has 1 aromatic carbocycles. The van der Waals surface area contributed by atoms with Crippen LogP contribution in [0.15, 0.2) is 30.3 Å². The quantitative estimate of drug-likeness (QED) is 0.820. The summed E-state index contributed by atoms with van der Waals surface area (Å²) in [6.07, 6.45) is 1.03. The highest BCUT2D eigenvalue weighted by Gasteiger charge is 2.18. The second-order valence-corrected chi connectivity index (χ2v) is 4.75. The van der Waals surface area contributed by atoms with Crippen molar-refractivity contribution < 1.29 is 0 Å². The van der Waals surface area contributed by atoms with E-state index in [-0.39, 0.29) is 5.41 Å². The second-order valence-electron chi connectivity index (χ2n) is 4.75. The Kier molecular flexibility index (Phi) is 4.52. The fourth-order valence-electron chi connectivity index (χ4n) is 1.60. The van der Waals surface area contributed by atoms with Crippen molar-refractivity contribution in [3.8, 4) is 6.07 Å². The van der Waals surface area contributed by atoms with Crippen LogP contribution >= 0.6 is 0 Å². The van der Waals surface area contributed by atoms with Gasteiger partial charge in [0.05, 0.1) is 11.5 Å². The first-order valence-electron chi connectivity index (χ1n) is 5.78. The summed E-state index contributed by atoms with van der Waals surface area (Å²) in [7, 11) is 0. The number of nitriles is 1. The molecule has 1 unspecified atom stereocenters. The van der Waals surface area contributed by atoms with Crippen molar-refractivity contribution in [3.63, 3.8) is 0 Å². The molecule has 0 bridgehead atoms. The van der Waals surface area contributed by atoms with Gasteiger partial charge in [-0.05, 0) is 25.8 Å². The minimum Gasteiger partial charge on any atom is -0.308 e. The fourth-order valence-corrected chi connectivity index (χ4v) is 1.60. The van der Waals surface area contributed by atoms with Gasteiger partial charge in [-0.15, -0.1) is 0 Å². The van der Waals surface area contributed by atoms with Crippen LogP contribution in [0.25, 0.3) is 0 Å². The zero-order valence-corrected chi connectivity index (χ0v) is 10.3. The summed E-state index contributed by atoms with van der Waals surface area (Å²) in [5.74, 6) is 0. The maximum atomic E-state index is 8.96. The van der Waals surface area contributed by atoms with Gasteiger partial charge in [0.2, 0.25) is 0 Å². The number of hydrogen-bond donors (Lipinski definition) is 1. The smallest absolute Gasteiger partial charge is 0.0697 e. The average Bonchev–Trinajstić information content (AvgIpc) is 2.31. The van der Waals surface area contributed by atoms with E-state index in [2.05, 4.69) is 42.6 Å². The molecule has 2 nitrogen and oxygen atoms in total. The van der Waals surface area contributed by atoms with Crippen molar-refractivity contribution in [3.05, 3.63) is 35.9 Å². The Hall–Kier alpha value is -1.33. The van der Waals surface area contributed by atoms with Gasteiger partial charge >= 0.3 is 0 Å². The van der Waals surface area contributed by atoms with Gasteiger partial charge in [-0.25, -0.2) is 0 Å². The van der Waals surface area contributed by atoms with Crippen molar-refractivity contribution in [1.29, 1.82) is 5.26 Å². The molecule has 1 rings (SSSR count). The topological polar surface area (TPSA) is 35.8 Å². The molecule has 0 saturated heterocycles. The lowest BCUT2D eigenvalue weighted by Crippen LogP contribution is -2.31. The molecule has 0 spiro atoms. The van der Waals surface area contributed by atoms with E-state index in [1.54, 1.807) is 0 Å². The van der Waals surface area contributed by atoms with E-state index in [1.807, 2.05) is 19.9 Å². The molecule has 0 radical (unpaired) electrons. The Balaban J connectivity index is 2.61. The number of hydrogen-bond acceptors (Lipinski definition) is 2. The first kappa shape index (κ1) is 12.7. The van der Waals surface area contributed by atoms with Gasteiger partial charge in [-0.1, -0.05) is 37.3 Å². The lowest BCUT2D eigenvalue weighted by molar-refractivity contribution is 0.398. The molecule has 0 aliphatic carbocycles. The molecule has 0 amide bonds. The van der Waals surface area contributed by atoms with Crippen molar-refractivity contribution >= 4 is 0 Å². The molecule has 86 valence electrons. The van der Waals surface area contributed by atoms with Gasteiger partial charge in [-0.3, -0.25) is 0 Å². The Morgan fingerprint density at radius 2 is 1.94 bits per heavy atom. The fraction of sp³-hybridized carbons (Fsp3) is 0.500. The van der Waals surface area contributed by atoms with Gasteiger partial charge in [0.1, 0.15) is 0 Å². The van der Waals surface area contributed by atoms with E-state index in [4.69, 9.17) is 5.26 Å². The third-order valence-corrected chi connectivity index (χ3v) is 2.70. The standard InChI is InChI=1S/C14H20N2/c1-4-13(12-8-6-5-7-9-12)16-11-14(2,3)10-15/h5-9,13,16H,4,11H2,1-3H3. The Bertz CT molecular complexity index is 349. The van der Waals surface area contributed by atoms with Crippen LogP contribution in [0.1, 0.15) is 38.8 Å². The Morgan fingerprint density at radius 3 is 2.44 bits per heavy atom. The lowest BCUT2D eigenvalue weighted by atomic mass is 9.94. The molecule has 0 saturated carbocycles. The molecule has 0 aliphatic rings. The number of rotatable bonds is 5. The highest BCUT2D eigenvalue weighted by Crippen LogP contribution is 2.19. The molecule has 0 aliphatic heterocycles. The van der Waals surface area contributed by atoms with Crippen LogP contribution in [0.2, 0.25) is 0 Å². The van der Waals surface area contributed by atoms with Crippen LogP contribution in [-0.4, -0.2) is 6.54 Å². The maximum Gasteiger partial charge on any atom is 0.0697 e. The van der Waals surface area contributed by atoms with Crippen molar-refractivity contribution in [1.82, 2.24) is 5.32 Å². The number of nitrogens with one attached hydrogen (secondary N) is 1. The maximum absolute atomic E-state index is 8.96. The predicted octanol–water partition coefficient (Wildman–Crippen LogP) is 3.28. The molecule has 0 fully saturated rings. The molecule has 0 heterocycles. The van der Waals surface area contributed by atoms with Crippen LogP contribution in [0.5, 0.6) is 0 Å². The predicted molar refractivity (Wildman–Crippen MR) is 66.9 cm³/mol. The molecule has 2 heteroatoms. The second kappa shape index (κ2) is 5.67. The lowest BCUT2D eigenvalue weighted by Gasteiger charge is -2.22. The van der Waals surface area contributed by atoms with Crippen LogP contribution < -0.4 is 5.32 Å². The summed E-state index contributed by atoms with van der Waals surface area (Å²) in [5.41, 5.74) is 0.987. The van der Waals surface area contributed by atoms with E-state index in [1.165, 1.54) is 5.56 Å². The average molecular weight is 216 g/mol. The third-order valence-electron chi connectivity index (χ3n) is 2.70. The Morgan fingerprint density at radius 1 is 1.31 bits per heavy atom. The summed E-state index contributed by atoms with van der Waals surface area (Å²) < 4.78 is 0. The highest BCUT2D eigenvalue weighted by atomic mass is 14.9. The molecule has 0 aromatic heterocycles. The van der Waals surface area contributed by atoms with Gasteiger partial charge in [-0.2, -0.15) is 5.26 Å². The molecule has 1 N–H and O–H groups in total. The molecule has 1 atom stereocenters. The molecule has 16 heavy (non-hydrogen) atoms. The normalized spacial score (nSPS) is 13.1. The third kappa shape index (κ3) is 3.67. The number of benzene rings is 1. The highest BCUT2D eigenvalue weighted by molar-refractivity contribution is 5.18. The van der Waals surface area contributed by atoms with Crippen LogP contribution in [0.4, 0.5) is 0 Å². The van der Waals surface area contributed by atoms with Crippen molar-refractivity contribution in [2.24, 2.45) is 5.41 Å². The van der Waals surface area contributed by atoms with Crippen molar-refractivity contribution in [2.75, 3.05) is 6.54 Å². The molecular formula is C14H20N2. The zero-order valence-electron chi connectivity index (χ0n) is 10.3. The summed E-state index contributed by atoms with van der Waals surface area (Å²) >= 11 is 0. The van der Waals surface area contributed by atoms with E-state index in [0.717, 1.165) is 13.0 Å². The first-order chi connectivity index (χ1) is 7.59. The summed E-state index contributed by atoms with van der Waals surface area (Å²) in [6.45, 7) is 6.79. The van der Waals surface area contributed by atoms with Gasteiger partial charge in [0, 0.05) is 12.6 Å². The Labute approximate surface area is 98.3 Å². The largest absolute Gasteiger partial charge is 0.308 e. The molecular weight excluding hydrogens is 196 g/mol. The minimum absolute atomic E-state index is 0.303. The van der Waals surface area contributed by atoms with Gasteiger partial charge < -0.3 is 5.32 Å². The monoisotopic (exact) mass is 216 g/mol. The van der Waals surface area contributed by atoms with Crippen LogP contribution in [0, 0.1) is 16.7 Å². The van der Waals surface area contributed by atoms with E-state index in [0.29, 0.717) is 6.04 Å². The number of nitrogens with zero attached hydrogens (tertiary/aromatic N) is 1. The molecule has 1 aromatic rings. The van der Waals surface area contributed by atoms with E-state index < -0.39 is 0 Å².